The lowest BCUT2D eigenvalue weighted by molar-refractivity contribution is -0.123. The summed E-state index contributed by atoms with van der Waals surface area (Å²) in [5.41, 5.74) is 6.56. The monoisotopic (exact) mass is 326 g/mol. The predicted octanol–water partition coefficient (Wildman–Crippen LogP) is 1.39. The molecule has 0 atom stereocenters. The van der Waals surface area contributed by atoms with Gasteiger partial charge in [-0.3, -0.25) is 9.36 Å². The Morgan fingerprint density at radius 1 is 1.32 bits per heavy atom. The van der Waals surface area contributed by atoms with Crippen molar-refractivity contribution >= 4 is 29.3 Å². The van der Waals surface area contributed by atoms with Gasteiger partial charge in [0.1, 0.15) is 6.54 Å². The van der Waals surface area contributed by atoms with Gasteiger partial charge in [-0.15, -0.1) is 12.4 Å². The van der Waals surface area contributed by atoms with Crippen molar-refractivity contribution in [2.45, 2.75) is 38.8 Å². The Hall–Kier alpha value is -1.79. The molecular weight excluding hydrogens is 304 g/mol. The van der Waals surface area contributed by atoms with E-state index >= 15 is 0 Å². The molecule has 0 bridgehead atoms. The zero-order chi connectivity index (χ0) is 15.5. The van der Waals surface area contributed by atoms with Crippen LogP contribution in [0.15, 0.2) is 29.1 Å². The standard InChI is InChI=1S/C15H22N4O2.ClH/c1-3-15(4-2,10-16)18-13(20)9-19-12-8-6-5-7-11(12)17-14(19)21;/h5-8H,3-4,9-10,16H2,1-2H3,(H,17,21)(H,18,20);1H. The predicted molar refractivity (Wildman–Crippen MR) is 90.3 cm³/mol. The van der Waals surface area contributed by atoms with Gasteiger partial charge < -0.3 is 16.0 Å². The van der Waals surface area contributed by atoms with Gasteiger partial charge in [-0.1, -0.05) is 26.0 Å². The third kappa shape index (κ3) is 3.51. The van der Waals surface area contributed by atoms with Crippen LogP contribution in [0.1, 0.15) is 26.7 Å². The third-order valence-corrected chi connectivity index (χ3v) is 4.13. The molecule has 1 aromatic carbocycles. The van der Waals surface area contributed by atoms with E-state index < -0.39 is 5.54 Å². The molecule has 6 nitrogen and oxygen atoms in total. The summed E-state index contributed by atoms with van der Waals surface area (Å²) in [5.74, 6) is -0.198. The molecule has 1 amide bonds. The van der Waals surface area contributed by atoms with E-state index in [0.29, 0.717) is 6.54 Å². The molecule has 2 aromatic rings. The van der Waals surface area contributed by atoms with Crippen LogP contribution in [0.25, 0.3) is 11.0 Å². The average molecular weight is 327 g/mol. The molecule has 1 heterocycles. The Bertz CT molecular complexity index is 680. The van der Waals surface area contributed by atoms with Crippen LogP contribution in [-0.4, -0.2) is 27.5 Å². The van der Waals surface area contributed by atoms with Crippen LogP contribution in [0.2, 0.25) is 0 Å². The highest BCUT2D eigenvalue weighted by Gasteiger charge is 2.26. The maximum atomic E-state index is 12.3. The minimum Gasteiger partial charge on any atom is -0.348 e. The van der Waals surface area contributed by atoms with Gasteiger partial charge in [0, 0.05) is 6.54 Å². The normalized spacial score (nSPS) is 11.2. The number of aromatic nitrogens is 2. The van der Waals surface area contributed by atoms with Crippen LogP contribution >= 0.6 is 12.4 Å². The minimum absolute atomic E-state index is 0. The fourth-order valence-corrected chi connectivity index (χ4v) is 2.51. The summed E-state index contributed by atoms with van der Waals surface area (Å²) < 4.78 is 1.44. The number of carbonyl (C=O) groups excluding carboxylic acids is 1. The van der Waals surface area contributed by atoms with E-state index in [-0.39, 0.29) is 30.5 Å². The number of amides is 1. The van der Waals surface area contributed by atoms with E-state index in [0.717, 1.165) is 23.9 Å². The molecule has 0 aliphatic heterocycles. The number of halogens is 1. The van der Waals surface area contributed by atoms with Crippen LogP contribution in [-0.2, 0) is 11.3 Å². The van der Waals surface area contributed by atoms with Crippen molar-refractivity contribution in [1.29, 1.82) is 0 Å². The van der Waals surface area contributed by atoms with Gasteiger partial charge >= 0.3 is 5.69 Å². The number of para-hydroxylation sites is 2. The molecule has 0 aliphatic carbocycles. The van der Waals surface area contributed by atoms with Crippen molar-refractivity contribution in [3.8, 4) is 0 Å². The second kappa shape index (κ2) is 7.47. The Kier molecular flexibility index (Phi) is 6.20. The van der Waals surface area contributed by atoms with E-state index in [1.54, 1.807) is 0 Å². The lowest BCUT2D eigenvalue weighted by Gasteiger charge is -2.31. The molecule has 0 saturated heterocycles. The molecule has 0 unspecified atom stereocenters. The van der Waals surface area contributed by atoms with Crippen molar-refractivity contribution in [2.24, 2.45) is 5.73 Å². The zero-order valence-electron chi connectivity index (χ0n) is 12.9. The molecule has 1 aromatic heterocycles. The topological polar surface area (TPSA) is 92.9 Å². The summed E-state index contributed by atoms with van der Waals surface area (Å²) in [6, 6.07) is 7.31. The summed E-state index contributed by atoms with van der Waals surface area (Å²) >= 11 is 0. The van der Waals surface area contributed by atoms with E-state index in [9.17, 15) is 9.59 Å². The maximum absolute atomic E-state index is 12.3. The molecular formula is C15H23ClN4O2. The van der Waals surface area contributed by atoms with Gasteiger partial charge in [-0.25, -0.2) is 4.79 Å². The lowest BCUT2D eigenvalue weighted by atomic mass is 9.93. The van der Waals surface area contributed by atoms with Crippen LogP contribution in [0, 0.1) is 0 Å². The number of benzene rings is 1. The first-order valence-corrected chi connectivity index (χ1v) is 7.24. The van der Waals surface area contributed by atoms with Crippen LogP contribution in [0.5, 0.6) is 0 Å². The number of nitrogens with two attached hydrogens (primary N) is 1. The molecule has 22 heavy (non-hydrogen) atoms. The zero-order valence-corrected chi connectivity index (χ0v) is 13.7. The van der Waals surface area contributed by atoms with Gasteiger partial charge in [0.25, 0.3) is 0 Å². The quantitative estimate of drug-likeness (QED) is 0.748. The SMILES string of the molecule is CCC(CC)(CN)NC(=O)Cn1c(=O)[nH]c2ccccc21.Cl. The number of carbonyl (C=O) groups is 1. The van der Waals surface area contributed by atoms with Crippen molar-refractivity contribution in [3.05, 3.63) is 34.7 Å². The molecule has 2 rings (SSSR count). The largest absolute Gasteiger partial charge is 0.348 e. The Labute approximate surface area is 135 Å². The summed E-state index contributed by atoms with van der Waals surface area (Å²) in [6.45, 7) is 4.36. The second-order valence-electron chi connectivity index (χ2n) is 5.27. The first kappa shape index (κ1) is 18.3. The summed E-state index contributed by atoms with van der Waals surface area (Å²) in [4.78, 5) is 26.9. The molecule has 7 heteroatoms. The molecule has 0 aliphatic rings. The van der Waals surface area contributed by atoms with Crippen molar-refractivity contribution < 1.29 is 4.79 Å². The van der Waals surface area contributed by atoms with Crippen LogP contribution in [0.4, 0.5) is 0 Å². The fraction of sp³-hybridized carbons (Fsp3) is 0.467. The van der Waals surface area contributed by atoms with Gasteiger partial charge in [-0.2, -0.15) is 0 Å². The minimum atomic E-state index is -0.396. The molecule has 0 spiro atoms. The summed E-state index contributed by atoms with van der Waals surface area (Å²) in [7, 11) is 0. The lowest BCUT2D eigenvalue weighted by Crippen LogP contribution is -2.54. The number of H-pyrrole nitrogens is 1. The number of imidazole rings is 1. The number of hydrogen-bond acceptors (Lipinski definition) is 3. The van der Waals surface area contributed by atoms with Crippen molar-refractivity contribution in [1.82, 2.24) is 14.9 Å². The van der Waals surface area contributed by atoms with Gasteiger partial charge in [0.05, 0.1) is 16.6 Å². The Morgan fingerprint density at radius 2 is 1.95 bits per heavy atom. The maximum Gasteiger partial charge on any atom is 0.326 e. The highest BCUT2D eigenvalue weighted by molar-refractivity contribution is 5.85. The van der Waals surface area contributed by atoms with Gasteiger partial charge in [0.15, 0.2) is 0 Å². The highest BCUT2D eigenvalue weighted by Crippen LogP contribution is 2.14. The summed E-state index contributed by atoms with van der Waals surface area (Å²) in [6.07, 6.45) is 1.52. The average Bonchev–Trinajstić information content (AvgIpc) is 2.81. The molecule has 4 N–H and O–H groups in total. The highest BCUT2D eigenvalue weighted by atomic mass is 35.5. The molecule has 122 valence electrons. The number of fused-ring (bicyclic) bond motifs is 1. The smallest absolute Gasteiger partial charge is 0.326 e. The number of rotatable bonds is 6. The second-order valence-corrected chi connectivity index (χ2v) is 5.27. The third-order valence-electron chi connectivity index (χ3n) is 4.13. The number of aromatic amines is 1. The van der Waals surface area contributed by atoms with E-state index in [1.807, 2.05) is 38.1 Å². The fourth-order valence-electron chi connectivity index (χ4n) is 2.51. The summed E-state index contributed by atoms with van der Waals surface area (Å²) in [5, 5.41) is 2.97. The van der Waals surface area contributed by atoms with Crippen LogP contribution in [0.3, 0.4) is 0 Å². The van der Waals surface area contributed by atoms with Crippen molar-refractivity contribution in [3.63, 3.8) is 0 Å². The van der Waals surface area contributed by atoms with Gasteiger partial charge in [0.2, 0.25) is 5.91 Å². The van der Waals surface area contributed by atoms with Gasteiger partial charge in [-0.05, 0) is 25.0 Å². The molecule has 0 saturated carbocycles. The molecule has 0 fully saturated rings. The first-order valence-electron chi connectivity index (χ1n) is 7.24. The number of hydrogen-bond donors (Lipinski definition) is 3. The van der Waals surface area contributed by atoms with Crippen LogP contribution < -0.4 is 16.7 Å². The number of nitrogens with one attached hydrogen (secondary N) is 2. The van der Waals surface area contributed by atoms with E-state index in [4.69, 9.17) is 5.73 Å². The molecule has 0 radical (unpaired) electrons. The van der Waals surface area contributed by atoms with E-state index in [2.05, 4.69) is 10.3 Å². The Morgan fingerprint density at radius 3 is 2.55 bits per heavy atom. The van der Waals surface area contributed by atoms with Crippen molar-refractivity contribution in [2.75, 3.05) is 6.54 Å². The van der Waals surface area contributed by atoms with E-state index in [1.165, 1.54) is 4.57 Å². The first-order chi connectivity index (χ1) is 10.0. The number of nitrogens with zero attached hydrogens (tertiary/aromatic N) is 1. The Balaban J connectivity index is 0.00000242.